The summed E-state index contributed by atoms with van der Waals surface area (Å²) in [6, 6.07) is 11.6. The first kappa shape index (κ1) is 26.2. The fourth-order valence-corrected chi connectivity index (χ4v) is 7.63. The topological polar surface area (TPSA) is 182 Å². The van der Waals surface area contributed by atoms with Crippen molar-refractivity contribution < 1.29 is 39.9 Å². The zero-order valence-corrected chi connectivity index (χ0v) is 22.3. The highest BCUT2D eigenvalue weighted by molar-refractivity contribution is 7.22. The Morgan fingerprint density at radius 1 is 1.10 bits per heavy atom. The van der Waals surface area contributed by atoms with Crippen molar-refractivity contribution in [3.63, 3.8) is 0 Å². The first-order valence-corrected chi connectivity index (χ1v) is 13.4. The van der Waals surface area contributed by atoms with E-state index in [9.17, 15) is 39.9 Å². The van der Waals surface area contributed by atoms with Crippen LogP contribution < -0.4 is 5.73 Å². The van der Waals surface area contributed by atoms with Crippen molar-refractivity contribution in [1.82, 2.24) is 4.90 Å². The molecule has 3 aliphatic rings. The summed E-state index contributed by atoms with van der Waals surface area (Å²) in [5, 5.41) is 58.0. The third-order valence-corrected chi connectivity index (χ3v) is 9.52. The number of thiophene rings is 1. The van der Waals surface area contributed by atoms with Crippen molar-refractivity contribution in [1.29, 1.82) is 0 Å². The maximum absolute atomic E-state index is 14.0. The number of carbonyl (C=O) groups is 3. The largest absolute Gasteiger partial charge is 0.508 e. The minimum atomic E-state index is -2.93. The van der Waals surface area contributed by atoms with E-state index in [1.165, 1.54) is 30.3 Å². The molecule has 0 radical (unpaired) electrons. The average Bonchev–Trinajstić information content (AvgIpc) is 3.32. The number of fused-ring (bicyclic) bond motifs is 4. The van der Waals surface area contributed by atoms with E-state index in [-0.39, 0.29) is 17.7 Å². The van der Waals surface area contributed by atoms with Gasteiger partial charge in [0, 0.05) is 26.6 Å². The molecule has 1 fully saturated rings. The van der Waals surface area contributed by atoms with E-state index >= 15 is 0 Å². The number of aliphatic hydroxyl groups excluding tert-OH is 3. The van der Waals surface area contributed by atoms with Crippen LogP contribution in [0.4, 0.5) is 0 Å². The normalized spacial score (nSPS) is 28.1. The Kier molecular flexibility index (Phi) is 5.72. The van der Waals surface area contributed by atoms with Crippen LogP contribution in [0.3, 0.4) is 0 Å². The highest BCUT2D eigenvalue weighted by Gasteiger charge is 2.67. The number of nitrogens with two attached hydrogens (primary N) is 1. The van der Waals surface area contributed by atoms with Crippen molar-refractivity contribution in [2.24, 2.45) is 17.6 Å². The third kappa shape index (κ3) is 3.29. The number of primary amides is 1. The molecule has 10 nitrogen and oxygen atoms in total. The lowest BCUT2D eigenvalue weighted by molar-refractivity contribution is -0.168. The lowest BCUT2D eigenvalue weighted by Crippen LogP contribution is -2.70. The average molecular weight is 563 g/mol. The number of Topliss-reactive ketones (excluding diaryl/α,β-unsaturated/α-hetero) is 2. The second-order valence-corrected chi connectivity index (χ2v) is 11.8. The molecule has 2 aromatic carbocycles. The van der Waals surface area contributed by atoms with Gasteiger partial charge >= 0.3 is 0 Å². The fraction of sp³-hybridized carbons (Fsp3) is 0.276. The molecule has 1 heterocycles. The van der Waals surface area contributed by atoms with Gasteiger partial charge in [0.05, 0.1) is 23.6 Å². The maximum atomic E-state index is 14.0. The molecular weight excluding hydrogens is 536 g/mol. The lowest BCUT2D eigenvalue weighted by atomic mass is 9.56. The molecule has 0 bridgehead atoms. The molecule has 11 heteroatoms. The summed E-state index contributed by atoms with van der Waals surface area (Å²) in [7, 11) is 2.93. The van der Waals surface area contributed by atoms with Crippen LogP contribution in [0.1, 0.15) is 11.1 Å². The zero-order valence-electron chi connectivity index (χ0n) is 21.5. The second-order valence-electron chi connectivity index (χ2n) is 10.7. The van der Waals surface area contributed by atoms with E-state index in [1.807, 2.05) is 30.3 Å². The quantitative estimate of drug-likeness (QED) is 0.259. The predicted octanol–water partition coefficient (Wildman–Crippen LogP) is 1.82. The Bertz CT molecular complexity index is 1690. The summed E-state index contributed by atoms with van der Waals surface area (Å²) >= 11 is 1.44. The monoisotopic (exact) mass is 562 g/mol. The van der Waals surface area contributed by atoms with Gasteiger partial charge in [-0.25, -0.2) is 0 Å². The van der Waals surface area contributed by atoms with Crippen LogP contribution in [-0.2, 0) is 20.8 Å². The molecule has 0 aliphatic heterocycles. The number of aliphatic hydroxyl groups is 4. The van der Waals surface area contributed by atoms with E-state index in [4.69, 9.17) is 5.73 Å². The number of phenolic OH excluding ortho intramolecular Hbond substituents is 1. The lowest BCUT2D eigenvalue weighted by Gasteiger charge is -2.52. The predicted molar refractivity (Wildman–Crippen MR) is 146 cm³/mol. The summed E-state index contributed by atoms with van der Waals surface area (Å²) in [5.74, 6) is -8.30. The number of likely N-dealkylation sites (N-methyl/N-ethyl adjacent to an activating group) is 1. The van der Waals surface area contributed by atoms with Crippen molar-refractivity contribution >= 4 is 44.7 Å². The number of carbonyl (C=O) groups excluding carboxylic acids is 3. The molecule has 6 rings (SSSR count). The minimum Gasteiger partial charge on any atom is -0.508 e. The number of nitrogens with zero attached hydrogens (tertiary/aromatic N) is 1. The molecule has 206 valence electrons. The number of benzene rings is 2. The van der Waals surface area contributed by atoms with Crippen LogP contribution in [0.15, 0.2) is 59.4 Å². The van der Waals surface area contributed by atoms with Gasteiger partial charge in [-0.2, -0.15) is 0 Å². The Labute approximate surface area is 231 Å². The third-order valence-electron chi connectivity index (χ3n) is 8.37. The standard InChI is InChI=1S/C29H26N2O8S/c1-31(2)21-20-23(33)14-9-12-7-8-13(16-10-11-5-3-4-6-15(11)40-16)22(32)17(12)24(34)18(14)26(36)29(20,39)27(37)19(25(21)35)28(30)38/h3-8,10,14,20-21,23,32-34,37,39H,9H2,1-2H3,(H2,30,38)/t14-,20-,21+,23+,29+/m0/s1. The van der Waals surface area contributed by atoms with Gasteiger partial charge in [-0.1, -0.05) is 24.3 Å². The van der Waals surface area contributed by atoms with Gasteiger partial charge in [-0.3, -0.25) is 19.3 Å². The molecule has 5 atom stereocenters. The van der Waals surface area contributed by atoms with Crippen LogP contribution in [0.5, 0.6) is 5.75 Å². The van der Waals surface area contributed by atoms with Crippen LogP contribution in [0, 0.1) is 11.8 Å². The van der Waals surface area contributed by atoms with Gasteiger partial charge in [0.15, 0.2) is 11.4 Å². The van der Waals surface area contributed by atoms with Crippen molar-refractivity contribution in [2.45, 2.75) is 24.2 Å². The van der Waals surface area contributed by atoms with Crippen LogP contribution in [0.2, 0.25) is 0 Å². The molecule has 40 heavy (non-hydrogen) atoms. The Hall–Kier alpha value is -4.03. The van der Waals surface area contributed by atoms with Crippen LogP contribution in [0.25, 0.3) is 26.3 Å². The molecule has 0 saturated heterocycles. The number of amides is 1. The molecule has 1 saturated carbocycles. The van der Waals surface area contributed by atoms with Gasteiger partial charge in [0.2, 0.25) is 5.78 Å². The van der Waals surface area contributed by atoms with Gasteiger partial charge < -0.3 is 31.3 Å². The summed E-state index contributed by atoms with van der Waals surface area (Å²) in [5.41, 5.74) is 1.90. The Morgan fingerprint density at radius 2 is 1.80 bits per heavy atom. The van der Waals surface area contributed by atoms with Crippen molar-refractivity contribution in [3.05, 3.63) is 70.5 Å². The minimum absolute atomic E-state index is 0.00401. The summed E-state index contributed by atoms with van der Waals surface area (Å²) < 4.78 is 0.992. The number of phenols is 1. The van der Waals surface area contributed by atoms with E-state index in [1.54, 1.807) is 12.1 Å². The highest BCUT2D eigenvalue weighted by atomic mass is 32.1. The number of hydrogen-bond acceptors (Lipinski definition) is 10. The van der Waals surface area contributed by atoms with Gasteiger partial charge in [0.25, 0.3) is 5.91 Å². The van der Waals surface area contributed by atoms with Crippen molar-refractivity contribution in [2.75, 3.05) is 14.1 Å². The number of ketones is 2. The van der Waals surface area contributed by atoms with E-state index in [2.05, 4.69) is 0 Å². The van der Waals surface area contributed by atoms with Crippen molar-refractivity contribution in [3.8, 4) is 16.2 Å². The van der Waals surface area contributed by atoms with Gasteiger partial charge in [-0.15, -0.1) is 11.3 Å². The van der Waals surface area contributed by atoms with E-state index < -0.39 is 69.7 Å². The van der Waals surface area contributed by atoms with Crippen LogP contribution in [-0.4, -0.2) is 79.7 Å². The number of rotatable bonds is 3. The molecule has 0 spiro atoms. The molecular formula is C29H26N2O8S. The van der Waals surface area contributed by atoms with Gasteiger partial charge in [-0.05, 0) is 49.7 Å². The summed E-state index contributed by atoms with van der Waals surface area (Å²) in [4.78, 5) is 41.4. The molecule has 3 aromatic rings. The first-order chi connectivity index (χ1) is 18.9. The second kappa shape index (κ2) is 8.73. The number of aromatic hydroxyl groups is 1. The molecule has 1 aromatic heterocycles. The zero-order chi connectivity index (χ0) is 28.8. The summed E-state index contributed by atoms with van der Waals surface area (Å²) in [6.45, 7) is 0. The number of hydrogen-bond donors (Lipinski definition) is 6. The smallest absolute Gasteiger partial charge is 0.255 e. The van der Waals surface area contributed by atoms with E-state index in [0.29, 0.717) is 11.1 Å². The SMILES string of the molecule is CN(C)[C@H]1C(=O)C(C(N)=O)=C(O)[C@]2(O)C(=O)C3=C(O)c4c(ccc(-c5cc6ccccc6s5)c4O)C[C@@H]3[C@@H](O)[C@H]12. The van der Waals surface area contributed by atoms with Crippen LogP contribution >= 0.6 is 11.3 Å². The Balaban J connectivity index is 1.56. The summed E-state index contributed by atoms with van der Waals surface area (Å²) in [6.07, 6.45) is -1.61. The maximum Gasteiger partial charge on any atom is 0.255 e. The van der Waals surface area contributed by atoms with Gasteiger partial charge in [0.1, 0.15) is 22.8 Å². The Morgan fingerprint density at radius 3 is 2.45 bits per heavy atom. The molecule has 0 unspecified atom stereocenters. The first-order valence-electron chi connectivity index (χ1n) is 12.6. The molecule has 3 aliphatic carbocycles. The molecule has 1 amide bonds. The molecule has 7 N–H and O–H groups in total. The van der Waals surface area contributed by atoms with E-state index in [0.717, 1.165) is 15.0 Å². The fourth-order valence-electron chi connectivity index (χ4n) is 6.54. The highest BCUT2D eigenvalue weighted by Crippen LogP contribution is 2.53.